The summed E-state index contributed by atoms with van der Waals surface area (Å²) in [5.41, 5.74) is 7.72. The van der Waals surface area contributed by atoms with Crippen molar-refractivity contribution in [3.63, 3.8) is 0 Å². The fraction of sp³-hybridized carbons (Fsp3) is 0.273. The smallest absolute Gasteiger partial charge is 0.270 e. The monoisotopic (exact) mass is 450 g/mol. The van der Waals surface area contributed by atoms with Crippen LogP contribution >= 0.6 is 0 Å². The second kappa shape index (κ2) is 8.52. The molecule has 0 saturated carbocycles. The van der Waals surface area contributed by atoms with Crippen molar-refractivity contribution in [1.29, 1.82) is 0 Å². The molecule has 3 heterocycles. The van der Waals surface area contributed by atoms with E-state index in [1.54, 1.807) is 6.07 Å². The Balaban J connectivity index is 1.43. The normalized spacial score (nSPS) is 14.7. The Morgan fingerprint density at radius 3 is 2.73 bits per heavy atom. The van der Waals surface area contributed by atoms with Crippen LogP contribution in [0.5, 0.6) is 5.75 Å². The zero-order valence-corrected chi connectivity index (χ0v) is 17.7. The number of imidazole rings is 1. The molecule has 1 fully saturated rings. The van der Waals surface area contributed by atoms with Crippen LogP contribution in [0.15, 0.2) is 41.2 Å². The molecule has 1 saturated heterocycles. The van der Waals surface area contributed by atoms with E-state index in [-0.39, 0.29) is 22.8 Å². The molecule has 0 atom stereocenters. The highest BCUT2D eigenvalue weighted by Crippen LogP contribution is 2.31. The molecule has 0 bridgehead atoms. The molecule has 1 aliphatic heterocycles. The SMILES string of the molecule is Nc1c(-c2nc3cc(OCCN4CCOCC4)ccc3[nH]2)c(=O)[nH]c2ccc([N+](=O)[O-])cc12. The number of hydrogen-bond donors (Lipinski definition) is 3. The lowest BCUT2D eigenvalue weighted by atomic mass is 10.1. The lowest BCUT2D eigenvalue weighted by molar-refractivity contribution is -0.384. The number of nitro groups is 1. The molecule has 4 aromatic rings. The summed E-state index contributed by atoms with van der Waals surface area (Å²) in [6.07, 6.45) is 0. The van der Waals surface area contributed by atoms with E-state index in [1.807, 2.05) is 12.1 Å². The summed E-state index contributed by atoms with van der Waals surface area (Å²) < 4.78 is 11.2. The van der Waals surface area contributed by atoms with Crippen molar-refractivity contribution in [1.82, 2.24) is 19.9 Å². The second-order valence-electron chi connectivity index (χ2n) is 7.80. The number of nitrogens with two attached hydrogens (primary N) is 1. The number of morpholine rings is 1. The van der Waals surface area contributed by atoms with Crippen LogP contribution in [0.3, 0.4) is 0 Å². The van der Waals surface area contributed by atoms with Crippen molar-refractivity contribution >= 4 is 33.3 Å². The van der Waals surface area contributed by atoms with Crippen LogP contribution in [-0.4, -0.2) is 64.2 Å². The van der Waals surface area contributed by atoms with Gasteiger partial charge in [0.2, 0.25) is 0 Å². The molecule has 5 rings (SSSR count). The number of aromatic nitrogens is 3. The summed E-state index contributed by atoms with van der Waals surface area (Å²) in [6.45, 7) is 4.63. The van der Waals surface area contributed by atoms with Crippen molar-refractivity contribution in [3.05, 3.63) is 56.9 Å². The van der Waals surface area contributed by atoms with Gasteiger partial charge >= 0.3 is 0 Å². The molecule has 33 heavy (non-hydrogen) atoms. The van der Waals surface area contributed by atoms with Gasteiger partial charge in [-0.1, -0.05) is 0 Å². The molecular formula is C22H22N6O5. The molecular weight excluding hydrogens is 428 g/mol. The zero-order chi connectivity index (χ0) is 22.9. The number of pyridine rings is 1. The van der Waals surface area contributed by atoms with Gasteiger partial charge in [0.25, 0.3) is 11.2 Å². The van der Waals surface area contributed by atoms with Crippen molar-refractivity contribution < 1.29 is 14.4 Å². The van der Waals surface area contributed by atoms with Gasteiger partial charge in [-0.25, -0.2) is 4.98 Å². The molecule has 1 aliphatic rings. The van der Waals surface area contributed by atoms with Crippen molar-refractivity contribution in [2.24, 2.45) is 0 Å². The fourth-order valence-electron chi connectivity index (χ4n) is 3.97. The molecule has 2 aromatic heterocycles. The maximum atomic E-state index is 12.7. The fourth-order valence-corrected chi connectivity index (χ4v) is 3.97. The highest BCUT2D eigenvalue weighted by atomic mass is 16.6. The molecule has 0 spiro atoms. The average molecular weight is 450 g/mol. The van der Waals surface area contributed by atoms with Crippen molar-refractivity contribution in [2.45, 2.75) is 0 Å². The van der Waals surface area contributed by atoms with E-state index in [1.165, 1.54) is 18.2 Å². The second-order valence-corrected chi connectivity index (χ2v) is 7.80. The Kier molecular flexibility index (Phi) is 5.40. The molecule has 2 aromatic carbocycles. The summed E-state index contributed by atoms with van der Waals surface area (Å²) >= 11 is 0. The van der Waals surface area contributed by atoms with Crippen LogP contribution in [0.4, 0.5) is 11.4 Å². The summed E-state index contributed by atoms with van der Waals surface area (Å²) in [6, 6.07) is 9.58. The van der Waals surface area contributed by atoms with Crippen LogP contribution < -0.4 is 16.0 Å². The number of nitrogens with one attached hydrogen (secondary N) is 2. The highest BCUT2D eigenvalue weighted by Gasteiger charge is 2.18. The van der Waals surface area contributed by atoms with Crippen LogP contribution in [-0.2, 0) is 4.74 Å². The largest absolute Gasteiger partial charge is 0.492 e. The number of rotatable bonds is 6. The van der Waals surface area contributed by atoms with Gasteiger partial charge in [0.05, 0.1) is 40.4 Å². The topological polar surface area (TPSA) is 152 Å². The number of anilines is 1. The van der Waals surface area contributed by atoms with Crippen LogP contribution in [0.25, 0.3) is 33.3 Å². The number of nitro benzene ring substituents is 1. The number of hydrogen-bond acceptors (Lipinski definition) is 8. The van der Waals surface area contributed by atoms with Gasteiger partial charge in [-0.3, -0.25) is 19.8 Å². The first kappa shape index (κ1) is 20.9. The number of non-ortho nitro benzene ring substituents is 1. The number of nitrogens with zero attached hydrogens (tertiary/aromatic N) is 3. The molecule has 0 radical (unpaired) electrons. The molecule has 170 valence electrons. The molecule has 0 unspecified atom stereocenters. The number of fused-ring (bicyclic) bond motifs is 2. The predicted molar refractivity (Wildman–Crippen MR) is 123 cm³/mol. The maximum absolute atomic E-state index is 12.7. The van der Waals surface area contributed by atoms with E-state index in [0.29, 0.717) is 34.3 Å². The summed E-state index contributed by atoms with van der Waals surface area (Å²) in [5.74, 6) is 0.951. The van der Waals surface area contributed by atoms with Crippen molar-refractivity contribution in [3.8, 4) is 17.1 Å². The van der Waals surface area contributed by atoms with Gasteiger partial charge in [0, 0.05) is 43.2 Å². The minimum Gasteiger partial charge on any atom is -0.492 e. The first-order valence-electron chi connectivity index (χ1n) is 10.5. The summed E-state index contributed by atoms with van der Waals surface area (Å²) in [7, 11) is 0. The summed E-state index contributed by atoms with van der Waals surface area (Å²) in [4.78, 5) is 36.0. The Morgan fingerprint density at radius 2 is 1.94 bits per heavy atom. The minimum atomic E-state index is -0.508. The van der Waals surface area contributed by atoms with E-state index >= 15 is 0 Å². The molecule has 4 N–H and O–H groups in total. The van der Waals surface area contributed by atoms with E-state index in [4.69, 9.17) is 15.2 Å². The highest BCUT2D eigenvalue weighted by molar-refractivity contribution is 5.98. The van der Waals surface area contributed by atoms with Gasteiger partial charge in [0.15, 0.2) is 0 Å². The van der Waals surface area contributed by atoms with Gasteiger partial charge in [0.1, 0.15) is 23.7 Å². The number of H-pyrrole nitrogens is 2. The van der Waals surface area contributed by atoms with E-state index in [9.17, 15) is 14.9 Å². The molecule has 11 nitrogen and oxygen atoms in total. The average Bonchev–Trinajstić information content (AvgIpc) is 3.22. The quantitative estimate of drug-likeness (QED) is 0.299. The third kappa shape index (κ3) is 4.11. The van der Waals surface area contributed by atoms with Crippen LogP contribution in [0.1, 0.15) is 0 Å². The molecule has 0 aliphatic carbocycles. The first-order valence-corrected chi connectivity index (χ1v) is 10.5. The van der Waals surface area contributed by atoms with Gasteiger partial charge in [-0.15, -0.1) is 0 Å². The van der Waals surface area contributed by atoms with Gasteiger partial charge in [-0.2, -0.15) is 0 Å². The van der Waals surface area contributed by atoms with Gasteiger partial charge < -0.3 is 25.2 Å². The molecule has 11 heteroatoms. The Morgan fingerprint density at radius 1 is 1.15 bits per heavy atom. The third-order valence-electron chi connectivity index (χ3n) is 5.72. The van der Waals surface area contributed by atoms with Gasteiger partial charge in [-0.05, 0) is 18.2 Å². The standard InChI is InChI=1S/C22H22N6O5/c23-20-15-11-13(28(30)31)1-3-16(15)26-22(29)19(20)21-24-17-4-2-14(12-18(17)25-21)33-10-7-27-5-8-32-9-6-27/h1-4,11-12H,5-10H2,(H,24,25)(H3,23,26,29). The first-order chi connectivity index (χ1) is 16.0. The zero-order valence-electron chi connectivity index (χ0n) is 17.7. The lowest BCUT2D eigenvalue weighted by Gasteiger charge is -2.26. The predicted octanol–water partition coefficient (Wildman–Crippen LogP) is 2.27. The number of ether oxygens (including phenoxy) is 2. The van der Waals surface area contributed by atoms with E-state index < -0.39 is 10.5 Å². The Hall–Kier alpha value is -3.96. The Bertz CT molecular complexity index is 1410. The summed E-state index contributed by atoms with van der Waals surface area (Å²) in [5, 5.41) is 11.5. The van der Waals surface area contributed by atoms with E-state index in [0.717, 1.165) is 32.8 Å². The van der Waals surface area contributed by atoms with Crippen molar-refractivity contribution in [2.75, 3.05) is 45.2 Å². The number of nitrogen functional groups attached to an aromatic ring is 1. The third-order valence-corrected chi connectivity index (χ3v) is 5.72. The lowest BCUT2D eigenvalue weighted by Crippen LogP contribution is -2.38. The molecule has 0 amide bonds. The van der Waals surface area contributed by atoms with Crippen LogP contribution in [0.2, 0.25) is 0 Å². The number of aromatic amines is 2. The van der Waals surface area contributed by atoms with E-state index in [2.05, 4.69) is 19.9 Å². The number of benzene rings is 2. The Labute approximate surface area is 187 Å². The maximum Gasteiger partial charge on any atom is 0.270 e. The minimum absolute atomic E-state index is 0.115. The van der Waals surface area contributed by atoms with Crippen LogP contribution in [0, 0.1) is 10.1 Å².